The molecular formula is C9H13ClN6O4. The van der Waals surface area contributed by atoms with Crippen molar-refractivity contribution in [3.05, 3.63) is 33.2 Å². The Kier molecular flexibility index (Phi) is 5.31. The summed E-state index contributed by atoms with van der Waals surface area (Å²) in [5, 5.41) is 22.3. The normalized spacial score (nSPS) is 28.5. The van der Waals surface area contributed by atoms with Crippen LogP contribution in [0, 0.1) is 0 Å². The monoisotopic (exact) mass is 304 g/mol. The molecule has 1 aromatic rings. The van der Waals surface area contributed by atoms with Crippen molar-refractivity contribution in [3.8, 4) is 0 Å². The fraction of sp³-hybridized carbons (Fsp3) is 0.556. The maximum Gasteiger partial charge on any atom is 0.351 e. The Bertz CT molecular complexity index is 574. The zero-order chi connectivity index (χ0) is 14.0. The Morgan fingerprint density at radius 1 is 1.65 bits per heavy atom. The molecule has 1 aliphatic heterocycles. The number of halogens is 1. The molecule has 10 nitrogen and oxygen atoms in total. The molecular weight excluding hydrogens is 292 g/mol. The van der Waals surface area contributed by atoms with Crippen molar-refractivity contribution in [2.75, 3.05) is 12.3 Å². The van der Waals surface area contributed by atoms with E-state index in [1.807, 2.05) is 0 Å². The summed E-state index contributed by atoms with van der Waals surface area (Å²) in [5.74, 6) is 0.0406. The first-order valence-electron chi connectivity index (χ1n) is 5.41. The smallest absolute Gasteiger partial charge is 0.351 e. The number of anilines is 1. The number of aliphatic hydroxyl groups is 2. The number of aromatic nitrogens is 2. The molecule has 4 atom stereocenters. The Hall–Kier alpha value is -1.84. The van der Waals surface area contributed by atoms with Crippen LogP contribution in [-0.4, -0.2) is 44.6 Å². The van der Waals surface area contributed by atoms with Gasteiger partial charge in [0.1, 0.15) is 24.2 Å². The molecule has 1 fully saturated rings. The van der Waals surface area contributed by atoms with Gasteiger partial charge in [0.2, 0.25) is 0 Å². The van der Waals surface area contributed by atoms with Gasteiger partial charge in [-0.2, -0.15) is 4.98 Å². The van der Waals surface area contributed by atoms with Crippen molar-refractivity contribution in [1.29, 1.82) is 0 Å². The van der Waals surface area contributed by atoms with Gasteiger partial charge in [-0.3, -0.25) is 4.57 Å². The number of aliphatic hydroxyl groups excluding tert-OH is 2. The summed E-state index contributed by atoms with van der Waals surface area (Å²) in [6, 6.07) is 0.335. The molecule has 110 valence electrons. The molecule has 4 N–H and O–H groups in total. The molecule has 0 aliphatic carbocycles. The van der Waals surface area contributed by atoms with E-state index in [0.29, 0.717) is 0 Å². The van der Waals surface area contributed by atoms with Gasteiger partial charge in [-0.15, -0.1) is 12.4 Å². The van der Waals surface area contributed by atoms with E-state index in [9.17, 15) is 9.90 Å². The van der Waals surface area contributed by atoms with Crippen LogP contribution in [0.3, 0.4) is 0 Å². The van der Waals surface area contributed by atoms with E-state index in [-0.39, 0.29) is 18.2 Å². The lowest BCUT2D eigenvalue weighted by Gasteiger charge is -2.17. The highest BCUT2D eigenvalue weighted by Crippen LogP contribution is 2.30. The first kappa shape index (κ1) is 16.2. The largest absolute Gasteiger partial charge is 0.394 e. The summed E-state index contributed by atoms with van der Waals surface area (Å²) >= 11 is 0. The van der Waals surface area contributed by atoms with Crippen molar-refractivity contribution in [3.63, 3.8) is 0 Å². The minimum Gasteiger partial charge on any atom is -0.394 e. The molecule has 1 aromatic heterocycles. The molecule has 0 unspecified atom stereocenters. The maximum atomic E-state index is 11.7. The summed E-state index contributed by atoms with van der Waals surface area (Å²) in [5.41, 5.74) is 13.2. The second-order valence-corrected chi connectivity index (χ2v) is 3.98. The molecule has 0 radical (unpaired) electrons. The van der Waals surface area contributed by atoms with Crippen molar-refractivity contribution >= 4 is 18.2 Å². The van der Waals surface area contributed by atoms with Crippen LogP contribution < -0.4 is 11.4 Å². The minimum atomic E-state index is -1.21. The second kappa shape index (κ2) is 6.55. The standard InChI is InChI=1S/C9H12N6O4.ClH/c10-5-1-2-15(9(18)12-5)8-6(13-14-11)7(17)4(3-16)19-8;/h1-2,4,6-8,16-17H,3H2,(H2,10,12,18);1H/t4-,6+,7-,8-;/m1./s1. The zero-order valence-corrected chi connectivity index (χ0v) is 10.9. The van der Waals surface area contributed by atoms with Gasteiger partial charge in [0.05, 0.1) is 12.7 Å². The van der Waals surface area contributed by atoms with Crippen LogP contribution in [0.25, 0.3) is 10.4 Å². The first-order chi connectivity index (χ1) is 9.08. The molecule has 1 aliphatic rings. The SMILES string of the molecule is Cl.[N-]=[N+]=N[C@H]1[C@H](O)[C@@H](CO)O[C@H]1n1ccc(N)nc1=O. The van der Waals surface area contributed by atoms with E-state index in [0.717, 1.165) is 4.57 Å². The van der Waals surface area contributed by atoms with Gasteiger partial charge in [-0.1, -0.05) is 5.11 Å². The van der Waals surface area contributed by atoms with E-state index >= 15 is 0 Å². The third kappa shape index (κ3) is 2.84. The van der Waals surface area contributed by atoms with Gasteiger partial charge in [0.15, 0.2) is 0 Å². The predicted molar refractivity (Wildman–Crippen MR) is 70.1 cm³/mol. The van der Waals surface area contributed by atoms with Crippen molar-refractivity contribution in [1.82, 2.24) is 9.55 Å². The van der Waals surface area contributed by atoms with E-state index in [1.165, 1.54) is 12.3 Å². The first-order valence-corrected chi connectivity index (χ1v) is 5.41. The number of hydrogen-bond donors (Lipinski definition) is 3. The van der Waals surface area contributed by atoms with Crippen LogP contribution in [-0.2, 0) is 4.74 Å². The lowest BCUT2D eigenvalue weighted by molar-refractivity contribution is -0.0464. The summed E-state index contributed by atoms with van der Waals surface area (Å²) in [6.07, 6.45) is -1.87. The van der Waals surface area contributed by atoms with Crippen LogP contribution in [0.4, 0.5) is 5.82 Å². The van der Waals surface area contributed by atoms with Gasteiger partial charge < -0.3 is 20.7 Å². The summed E-state index contributed by atoms with van der Waals surface area (Å²) in [4.78, 5) is 17.8. The van der Waals surface area contributed by atoms with Gasteiger partial charge in [0, 0.05) is 11.1 Å². The summed E-state index contributed by atoms with van der Waals surface area (Å²) < 4.78 is 6.36. The predicted octanol–water partition coefficient (Wildman–Crippen LogP) is -0.823. The number of ether oxygens (including phenoxy) is 1. The van der Waals surface area contributed by atoms with Crippen LogP contribution in [0.5, 0.6) is 0 Å². The molecule has 0 aromatic carbocycles. The quantitative estimate of drug-likeness (QED) is 0.375. The van der Waals surface area contributed by atoms with Crippen LogP contribution >= 0.6 is 12.4 Å². The highest BCUT2D eigenvalue weighted by atomic mass is 35.5. The van der Waals surface area contributed by atoms with Crippen LogP contribution in [0.2, 0.25) is 0 Å². The van der Waals surface area contributed by atoms with E-state index in [4.69, 9.17) is 21.1 Å². The van der Waals surface area contributed by atoms with Crippen LogP contribution in [0.15, 0.2) is 22.2 Å². The maximum absolute atomic E-state index is 11.7. The molecule has 0 amide bonds. The molecule has 2 rings (SSSR count). The molecule has 20 heavy (non-hydrogen) atoms. The number of azide groups is 1. The number of nitrogens with zero attached hydrogens (tertiary/aromatic N) is 5. The third-order valence-electron chi connectivity index (χ3n) is 2.83. The second-order valence-electron chi connectivity index (χ2n) is 3.98. The van der Waals surface area contributed by atoms with E-state index in [2.05, 4.69) is 15.0 Å². The Balaban J connectivity index is 0.00000200. The lowest BCUT2D eigenvalue weighted by Crippen LogP contribution is -2.34. The topological polar surface area (TPSA) is 159 Å². The van der Waals surface area contributed by atoms with Gasteiger partial charge >= 0.3 is 5.69 Å². The fourth-order valence-electron chi connectivity index (χ4n) is 1.91. The Morgan fingerprint density at radius 3 is 2.90 bits per heavy atom. The van der Waals surface area contributed by atoms with Crippen molar-refractivity contribution in [2.24, 2.45) is 5.11 Å². The van der Waals surface area contributed by atoms with Crippen LogP contribution in [0.1, 0.15) is 6.23 Å². The lowest BCUT2D eigenvalue weighted by atomic mass is 10.1. The van der Waals surface area contributed by atoms with Gasteiger partial charge in [-0.25, -0.2) is 4.79 Å². The highest BCUT2D eigenvalue weighted by molar-refractivity contribution is 5.85. The fourth-order valence-corrected chi connectivity index (χ4v) is 1.91. The third-order valence-corrected chi connectivity index (χ3v) is 2.83. The van der Waals surface area contributed by atoms with E-state index < -0.39 is 36.8 Å². The average molecular weight is 305 g/mol. The summed E-state index contributed by atoms with van der Waals surface area (Å²) in [7, 11) is 0. The molecule has 0 bridgehead atoms. The van der Waals surface area contributed by atoms with Gasteiger partial charge in [0.25, 0.3) is 0 Å². The van der Waals surface area contributed by atoms with Gasteiger partial charge in [-0.05, 0) is 11.6 Å². The molecule has 1 saturated heterocycles. The Labute approximate surface area is 118 Å². The average Bonchev–Trinajstić information content (AvgIpc) is 2.68. The number of hydrogen-bond acceptors (Lipinski definition) is 7. The van der Waals surface area contributed by atoms with Crippen molar-refractivity contribution in [2.45, 2.75) is 24.5 Å². The molecule has 11 heteroatoms. The van der Waals surface area contributed by atoms with Crippen molar-refractivity contribution < 1.29 is 14.9 Å². The number of nitrogen functional groups attached to an aromatic ring is 1. The highest BCUT2D eigenvalue weighted by Gasteiger charge is 2.44. The van der Waals surface area contributed by atoms with E-state index in [1.54, 1.807) is 0 Å². The summed E-state index contributed by atoms with van der Waals surface area (Å²) in [6.45, 7) is -0.466. The minimum absolute atomic E-state index is 0. The molecule has 0 saturated carbocycles. The molecule has 0 spiro atoms. The zero-order valence-electron chi connectivity index (χ0n) is 10.1. The molecule has 2 heterocycles. The number of nitrogens with two attached hydrogens (primary N) is 1. The Morgan fingerprint density at radius 2 is 2.35 bits per heavy atom. The number of rotatable bonds is 3.